The molecule has 0 spiro atoms. The number of nitrogens with one attached hydrogen (secondary N) is 1. The van der Waals surface area contributed by atoms with Crippen molar-refractivity contribution in [3.05, 3.63) is 17.0 Å². The summed E-state index contributed by atoms with van der Waals surface area (Å²) < 4.78 is 5.21. The van der Waals surface area contributed by atoms with Crippen LogP contribution in [0, 0.1) is 13.8 Å². The first-order valence-electron chi connectivity index (χ1n) is 8.14. The van der Waals surface area contributed by atoms with Gasteiger partial charge in [-0.05, 0) is 33.1 Å². The Kier molecular flexibility index (Phi) is 9.34. The molecule has 0 bridgehead atoms. The van der Waals surface area contributed by atoms with Gasteiger partial charge >= 0.3 is 0 Å². The lowest BCUT2D eigenvalue weighted by molar-refractivity contribution is 0.392. The zero-order chi connectivity index (χ0) is 15.9. The zero-order valence-corrected chi connectivity index (χ0v) is 17.7. The molecule has 1 aliphatic heterocycles. The Morgan fingerprint density at radius 3 is 2.87 bits per heavy atom. The molecule has 1 aliphatic rings. The average Bonchev–Trinajstić information content (AvgIpc) is 2.86. The molecule has 0 amide bonds. The van der Waals surface area contributed by atoms with Crippen molar-refractivity contribution >= 4 is 41.7 Å². The van der Waals surface area contributed by atoms with E-state index in [4.69, 9.17) is 4.52 Å². The average molecular weight is 452 g/mol. The van der Waals surface area contributed by atoms with Gasteiger partial charge in [0.05, 0.1) is 5.69 Å². The molecule has 2 heterocycles. The number of aliphatic imine (C=N–C) groups is 1. The summed E-state index contributed by atoms with van der Waals surface area (Å²) in [6, 6.07) is 0. The molecule has 132 valence electrons. The van der Waals surface area contributed by atoms with Crippen LogP contribution in [-0.2, 0) is 6.42 Å². The van der Waals surface area contributed by atoms with E-state index in [0.29, 0.717) is 0 Å². The molecule has 1 saturated heterocycles. The summed E-state index contributed by atoms with van der Waals surface area (Å²) in [6.07, 6.45) is 3.28. The Hall–Kier alpha value is -0.440. The number of nitrogens with zero attached hydrogens (tertiary/aromatic N) is 3. The van der Waals surface area contributed by atoms with E-state index in [1.54, 1.807) is 0 Å². The van der Waals surface area contributed by atoms with Gasteiger partial charge in [0.25, 0.3) is 0 Å². The third-order valence-corrected chi connectivity index (χ3v) is 5.55. The fourth-order valence-electron chi connectivity index (χ4n) is 2.82. The van der Waals surface area contributed by atoms with Crippen molar-refractivity contribution in [3.8, 4) is 0 Å². The lowest BCUT2D eigenvalue weighted by Crippen LogP contribution is -2.48. The quantitative estimate of drug-likeness (QED) is 0.322. The van der Waals surface area contributed by atoms with Crippen LogP contribution in [0.4, 0.5) is 0 Å². The van der Waals surface area contributed by atoms with Gasteiger partial charge in [-0.25, -0.2) is 0 Å². The zero-order valence-electron chi connectivity index (χ0n) is 14.6. The second-order valence-corrected chi connectivity index (χ2v) is 7.14. The molecular formula is C16H29IN4OS. The van der Waals surface area contributed by atoms with Crippen LogP contribution in [-0.4, -0.2) is 53.7 Å². The van der Waals surface area contributed by atoms with Gasteiger partial charge in [-0.2, -0.15) is 11.8 Å². The molecule has 1 N–H and O–H groups in total. The third-order valence-electron chi connectivity index (χ3n) is 4.17. The number of rotatable bonds is 5. The topological polar surface area (TPSA) is 53.7 Å². The highest BCUT2D eigenvalue weighted by Crippen LogP contribution is 2.21. The van der Waals surface area contributed by atoms with Crippen molar-refractivity contribution in [2.45, 2.75) is 45.3 Å². The first-order valence-corrected chi connectivity index (χ1v) is 9.19. The summed E-state index contributed by atoms with van der Waals surface area (Å²) in [5.74, 6) is 3.18. The molecular weight excluding hydrogens is 423 g/mol. The summed E-state index contributed by atoms with van der Waals surface area (Å²) in [4.78, 5) is 6.83. The van der Waals surface area contributed by atoms with Crippen LogP contribution in [0.1, 0.15) is 36.8 Å². The Balaban J connectivity index is 0.00000264. The van der Waals surface area contributed by atoms with Gasteiger partial charge in [0.1, 0.15) is 5.76 Å². The second kappa shape index (κ2) is 10.4. The van der Waals surface area contributed by atoms with Crippen molar-refractivity contribution < 1.29 is 4.52 Å². The molecule has 1 aromatic rings. The molecule has 2 rings (SSSR count). The van der Waals surface area contributed by atoms with Crippen LogP contribution in [0.25, 0.3) is 0 Å². The predicted molar refractivity (Wildman–Crippen MR) is 109 cm³/mol. The summed E-state index contributed by atoms with van der Waals surface area (Å²) in [5.41, 5.74) is 2.26. The minimum absolute atomic E-state index is 0. The molecule has 7 heteroatoms. The molecule has 0 radical (unpaired) electrons. The van der Waals surface area contributed by atoms with Crippen LogP contribution in [0.5, 0.6) is 0 Å². The van der Waals surface area contributed by atoms with Gasteiger partial charge in [-0.1, -0.05) is 12.1 Å². The number of hydrogen-bond donors (Lipinski definition) is 1. The maximum Gasteiger partial charge on any atom is 0.193 e. The molecule has 1 fully saturated rings. The number of aryl methyl sites for hydroxylation is 2. The molecule has 0 aliphatic carbocycles. The van der Waals surface area contributed by atoms with E-state index in [9.17, 15) is 0 Å². The lowest BCUT2D eigenvalue weighted by Gasteiger charge is -2.34. The highest BCUT2D eigenvalue weighted by molar-refractivity contribution is 14.0. The second-order valence-electron chi connectivity index (χ2n) is 5.73. The largest absolute Gasteiger partial charge is 0.361 e. The van der Waals surface area contributed by atoms with E-state index in [0.717, 1.165) is 55.1 Å². The molecule has 1 unspecified atom stereocenters. The third kappa shape index (κ3) is 5.85. The number of aromatic nitrogens is 1. The number of hydrogen-bond acceptors (Lipinski definition) is 4. The standard InChI is InChI=1S/C16H28N4OS.HI/c1-5-14-11-20(9-10-22-14)16(17-4)18-8-6-7-15-12(2)19-21-13(15)3;/h14H,5-11H2,1-4H3,(H,17,18);1H. The smallest absolute Gasteiger partial charge is 0.193 e. The van der Waals surface area contributed by atoms with Crippen molar-refractivity contribution in [3.63, 3.8) is 0 Å². The van der Waals surface area contributed by atoms with Gasteiger partial charge in [0, 0.05) is 43.2 Å². The van der Waals surface area contributed by atoms with E-state index in [1.165, 1.54) is 17.7 Å². The Morgan fingerprint density at radius 2 is 2.26 bits per heavy atom. The van der Waals surface area contributed by atoms with E-state index in [-0.39, 0.29) is 24.0 Å². The number of thioether (sulfide) groups is 1. The molecule has 1 aromatic heterocycles. The van der Waals surface area contributed by atoms with Crippen molar-refractivity contribution in [1.29, 1.82) is 0 Å². The Morgan fingerprint density at radius 1 is 1.48 bits per heavy atom. The van der Waals surface area contributed by atoms with E-state index < -0.39 is 0 Å². The van der Waals surface area contributed by atoms with Crippen LogP contribution in [0.2, 0.25) is 0 Å². The Bertz CT molecular complexity index is 487. The number of halogens is 1. The maximum absolute atomic E-state index is 5.21. The van der Waals surface area contributed by atoms with E-state index >= 15 is 0 Å². The van der Waals surface area contributed by atoms with Gasteiger partial charge < -0.3 is 14.7 Å². The summed E-state index contributed by atoms with van der Waals surface area (Å²) in [6.45, 7) is 9.38. The highest BCUT2D eigenvalue weighted by Gasteiger charge is 2.21. The van der Waals surface area contributed by atoms with Gasteiger partial charge in [-0.15, -0.1) is 24.0 Å². The summed E-state index contributed by atoms with van der Waals surface area (Å²) >= 11 is 2.08. The lowest BCUT2D eigenvalue weighted by atomic mass is 10.1. The monoisotopic (exact) mass is 452 g/mol. The normalized spacial score (nSPS) is 18.7. The van der Waals surface area contributed by atoms with E-state index in [2.05, 4.69) is 39.1 Å². The maximum atomic E-state index is 5.21. The van der Waals surface area contributed by atoms with Crippen molar-refractivity contribution in [2.75, 3.05) is 32.4 Å². The summed E-state index contributed by atoms with van der Waals surface area (Å²) in [7, 11) is 1.87. The first kappa shape index (κ1) is 20.6. The molecule has 0 saturated carbocycles. The Labute approximate surface area is 161 Å². The molecule has 1 atom stereocenters. The van der Waals surface area contributed by atoms with Gasteiger partial charge in [0.15, 0.2) is 5.96 Å². The number of guanidine groups is 1. The fraction of sp³-hybridized carbons (Fsp3) is 0.750. The minimum Gasteiger partial charge on any atom is -0.361 e. The van der Waals surface area contributed by atoms with Crippen molar-refractivity contribution in [1.82, 2.24) is 15.4 Å². The molecule has 5 nitrogen and oxygen atoms in total. The highest BCUT2D eigenvalue weighted by atomic mass is 127. The molecule has 0 aromatic carbocycles. The van der Waals surface area contributed by atoms with Crippen LogP contribution in [0.3, 0.4) is 0 Å². The molecule has 23 heavy (non-hydrogen) atoms. The first-order chi connectivity index (χ1) is 10.7. The van der Waals surface area contributed by atoms with Crippen LogP contribution in [0.15, 0.2) is 9.52 Å². The van der Waals surface area contributed by atoms with Crippen LogP contribution >= 0.6 is 35.7 Å². The fourth-order valence-corrected chi connectivity index (χ4v) is 4.00. The van der Waals surface area contributed by atoms with Gasteiger partial charge in [0.2, 0.25) is 0 Å². The van der Waals surface area contributed by atoms with E-state index in [1.807, 2.05) is 20.9 Å². The summed E-state index contributed by atoms with van der Waals surface area (Å²) in [5, 5.41) is 8.24. The minimum atomic E-state index is 0. The van der Waals surface area contributed by atoms with Crippen molar-refractivity contribution in [2.24, 2.45) is 4.99 Å². The predicted octanol–water partition coefficient (Wildman–Crippen LogP) is 3.24. The van der Waals surface area contributed by atoms with Gasteiger partial charge in [-0.3, -0.25) is 4.99 Å². The van der Waals surface area contributed by atoms with Crippen LogP contribution < -0.4 is 5.32 Å². The SMILES string of the molecule is CCC1CN(C(=NC)NCCCc2c(C)noc2C)CCS1.I.